The third-order valence-corrected chi connectivity index (χ3v) is 4.59. The minimum Gasteiger partial charge on any atom is -0.486 e. The van der Waals surface area contributed by atoms with Gasteiger partial charge in [-0.05, 0) is 61.0 Å². The van der Waals surface area contributed by atoms with E-state index < -0.39 is 0 Å². The van der Waals surface area contributed by atoms with E-state index in [-0.39, 0.29) is 17.5 Å². The molecule has 0 saturated carbocycles. The number of halogens is 1. The number of fused-ring (bicyclic) bond motifs is 1. The number of rotatable bonds is 5. The lowest BCUT2D eigenvalue weighted by molar-refractivity contribution is 0.0721. The van der Waals surface area contributed by atoms with Gasteiger partial charge in [-0.15, -0.1) is 0 Å². The van der Waals surface area contributed by atoms with E-state index in [9.17, 15) is 9.18 Å². The molecular formula is C22H20FNO4. The Hall–Kier alpha value is -3.28. The first-order chi connectivity index (χ1) is 13.6. The van der Waals surface area contributed by atoms with Gasteiger partial charge < -0.3 is 18.8 Å². The Morgan fingerprint density at radius 1 is 1.00 bits per heavy atom. The molecule has 3 aromatic rings. The summed E-state index contributed by atoms with van der Waals surface area (Å²) >= 11 is 0. The number of carbonyl (C=O) groups is 1. The summed E-state index contributed by atoms with van der Waals surface area (Å²) in [6.45, 7) is 3.93. The SMILES string of the molecule is CCN(Cc1ccc2c(c1)OCCO2)C(=O)c1ccc(-c2ccc(F)cc2)o1. The summed E-state index contributed by atoms with van der Waals surface area (Å²) in [4.78, 5) is 14.6. The normalized spacial score (nSPS) is 12.6. The second-order valence-corrected chi connectivity index (χ2v) is 6.47. The summed E-state index contributed by atoms with van der Waals surface area (Å²) in [5.74, 6) is 1.68. The van der Waals surface area contributed by atoms with Gasteiger partial charge in [-0.2, -0.15) is 0 Å². The van der Waals surface area contributed by atoms with Crippen LogP contribution in [0, 0.1) is 5.82 Å². The lowest BCUT2D eigenvalue weighted by atomic mass is 10.1. The van der Waals surface area contributed by atoms with E-state index in [4.69, 9.17) is 13.9 Å². The molecule has 4 rings (SSSR count). The molecule has 2 heterocycles. The van der Waals surface area contributed by atoms with Crippen molar-refractivity contribution in [3.05, 3.63) is 71.7 Å². The van der Waals surface area contributed by atoms with Crippen molar-refractivity contribution < 1.29 is 23.1 Å². The molecule has 1 aromatic heterocycles. The standard InChI is InChI=1S/C22H20FNO4/c1-2-24(14-15-3-8-19-21(13-15)27-12-11-26-19)22(25)20-10-9-18(28-20)16-4-6-17(23)7-5-16/h3-10,13H,2,11-12,14H2,1H3. The maximum atomic E-state index is 13.1. The Morgan fingerprint density at radius 3 is 2.50 bits per heavy atom. The number of amides is 1. The smallest absolute Gasteiger partial charge is 0.289 e. The fourth-order valence-corrected chi connectivity index (χ4v) is 3.11. The Balaban J connectivity index is 1.50. The highest BCUT2D eigenvalue weighted by Gasteiger charge is 2.20. The summed E-state index contributed by atoms with van der Waals surface area (Å²) < 4.78 is 30.0. The first kappa shape index (κ1) is 18.1. The average molecular weight is 381 g/mol. The molecule has 0 unspecified atom stereocenters. The number of ether oxygens (including phenoxy) is 2. The van der Waals surface area contributed by atoms with Crippen molar-refractivity contribution in [1.29, 1.82) is 0 Å². The van der Waals surface area contributed by atoms with E-state index in [1.54, 1.807) is 29.2 Å². The van der Waals surface area contributed by atoms with Crippen molar-refractivity contribution in [3.63, 3.8) is 0 Å². The third kappa shape index (κ3) is 3.71. The molecule has 2 aromatic carbocycles. The Labute approximate surface area is 162 Å². The molecule has 144 valence electrons. The number of benzene rings is 2. The minimum atomic E-state index is -0.316. The second kappa shape index (κ2) is 7.76. The molecule has 1 amide bonds. The number of hydrogen-bond donors (Lipinski definition) is 0. The maximum Gasteiger partial charge on any atom is 0.289 e. The molecule has 0 bridgehead atoms. The molecule has 28 heavy (non-hydrogen) atoms. The Bertz CT molecular complexity index is 980. The van der Waals surface area contributed by atoms with E-state index in [1.807, 2.05) is 25.1 Å². The molecule has 1 aliphatic heterocycles. The van der Waals surface area contributed by atoms with Gasteiger partial charge in [0.15, 0.2) is 17.3 Å². The van der Waals surface area contributed by atoms with Gasteiger partial charge >= 0.3 is 0 Å². The van der Waals surface area contributed by atoms with Crippen LogP contribution in [0.15, 0.2) is 59.0 Å². The molecule has 0 spiro atoms. The summed E-state index contributed by atoms with van der Waals surface area (Å²) in [6.07, 6.45) is 0. The number of furan rings is 1. The average Bonchev–Trinajstić information content (AvgIpc) is 3.22. The molecule has 0 aliphatic carbocycles. The Morgan fingerprint density at radius 2 is 1.75 bits per heavy atom. The third-order valence-electron chi connectivity index (χ3n) is 4.59. The second-order valence-electron chi connectivity index (χ2n) is 6.47. The highest BCUT2D eigenvalue weighted by Crippen LogP contribution is 2.31. The monoisotopic (exact) mass is 381 g/mol. The quantitative estimate of drug-likeness (QED) is 0.652. The molecule has 0 N–H and O–H groups in total. The van der Waals surface area contributed by atoms with Gasteiger partial charge in [-0.3, -0.25) is 4.79 Å². The van der Waals surface area contributed by atoms with Gasteiger partial charge in [0, 0.05) is 18.7 Å². The topological polar surface area (TPSA) is 51.9 Å². The summed E-state index contributed by atoms with van der Waals surface area (Å²) in [5.41, 5.74) is 1.67. The molecule has 0 radical (unpaired) electrons. The molecule has 5 nitrogen and oxygen atoms in total. The summed E-state index contributed by atoms with van der Waals surface area (Å²) in [5, 5.41) is 0. The van der Waals surface area contributed by atoms with Crippen LogP contribution >= 0.6 is 0 Å². The van der Waals surface area contributed by atoms with E-state index >= 15 is 0 Å². The van der Waals surface area contributed by atoms with E-state index in [1.165, 1.54) is 12.1 Å². The predicted octanol–water partition coefficient (Wildman–Crippen LogP) is 4.52. The molecule has 6 heteroatoms. The van der Waals surface area contributed by atoms with Crippen LogP contribution in [0.4, 0.5) is 4.39 Å². The van der Waals surface area contributed by atoms with Gasteiger partial charge in [0.25, 0.3) is 5.91 Å². The van der Waals surface area contributed by atoms with Gasteiger partial charge in [-0.1, -0.05) is 6.07 Å². The maximum absolute atomic E-state index is 13.1. The molecule has 0 saturated heterocycles. The van der Waals surface area contributed by atoms with Crippen LogP contribution < -0.4 is 9.47 Å². The highest BCUT2D eigenvalue weighted by molar-refractivity contribution is 5.92. The van der Waals surface area contributed by atoms with Crippen LogP contribution in [-0.4, -0.2) is 30.6 Å². The Kier molecular flexibility index (Phi) is 5.02. The van der Waals surface area contributed by atoms with Crippen LogP contribution in [-0.2, 0) is 6.54 Å². The lowest BCUT2D eigenvalue weighted by Gasteiger charge is -2.22. The van der Waals surface area contributed by atoms with Crippen LogP contribution in [0.3, 0.4) is 0 Å². The zero-order valence-corrected chi connectivity index (χ0v) is 15.5. The summed E-state index contributed by atoms with van der Waals surface area (Å²) in [7, 11) is 0. The zero-order chi connectivity index (χ0) is 19.5. The zero-order valence-electron chi connectivity index (χ0n) is 15.5. The fraction of sp³-hybridized carbons (Fsp3) is 0.227. The first-order valence-electron chi connectivity index (χ1n) is 9.17. The van der Waals surface area contributed by atoms with Gasteiger partial charge in [0.1, 0.15) is 24.8 Å². The highest BCUT2D eigenvalue weighted by atomic mass is 19.1. The minimum absolute atomic E-state index is 0.203. The van der Waals surface area contributed by atoms with E-state index in [0.717, 1.165) is 16.9 Å². The van der Waals surface area contributed by atoms with Crippen molar-refractivity contribution >= 4 is 5.91 Å². The van der Waals surface area contributed by atoms with Gasteiger partial charge in [0.05, 0.1) is 0 Å². The van der Waals surface area contributed by atoms with E-state index in [2.05, 4.69) is 0 Å². The van der Waals surface area contributed by atoms with Crippen LogP contribution in [0.1, 0.15) is 23.0 Å². The summed E-state index contributed by atoms with van der Waals surface area (Å²) in [6, 6.07) is 15.0. The molecular weight excluding hydrogens is 361 g/mol. The predicted molar refractivity (Wildman–Crippen MR) is 102 cm³/mol. The number of hydrogen-bond acceptors (Lipinski definition) is 4. The van der Waals surface area contributed by atoms with Crippen molar-refractivity contribution in [3.8, 4) is 22.8 Å². The molecule has 0 fully saturated rings. The lowest BCUT2D eigenvalue weighted by Crippen LogP contribution is -2.30. The number of carbonyl (C=O) groups excluding carboxylic acids is 1. The van der Waals surface area contributed by atoms with Crippen molar-refractivity contribution in [2.45, 2.75) is 13.5 Å². The fourth-order valence-electron chi connectivity index (χ4n) is 3.11. The van der Waals surface area contributed by atoms with E-state index in [0.29, 0.717) is 37.8 Å². The van der Waals surface area contributed by atoms with Crippen molar-refractivity contribution in [2.75, 3.05) is 19.8 Å². The molecule has 1 aliphatic rings. The van der Waals surface area contributed by atoms with Crippen LogP contribution in [0.25, 0.3) is 11.3 Å². The van der Waals surface area contributed by atoms with Gasteiger partial charge in [-0.25, -0.2) is 4.39 Å². The first-order valence-corrected chi connectivity index (χ1v) is 9.17. The number of nitrogens with zero attached hydrogens (tertiary/aromatic N) is 1. The molecule has 0 atom stereocenters. The van der Waals surface area contributed by atoms with Crippen molar-refractivity contribution in [2.24, 2.45) is 0 Å². The van der Waals surface area contributed by atoms with Gasteiger partial charge in [0.2, 0.25) is 0 Å². The largest absolute Gasteiger partial charge is 0.486 e. The van der Waals surface area contributed by atoms with Crippen LogP contribution in [0.2, 0.25) is 0 Å². The van der Waals surface area contributed by atoms with Crippen LogP contribution in [0.5, 0.6) is 11.5 Å². The van der Waals surface area contributed by atoms with Crippen molar-refractivity contribution in [1.82, 2.24) is 4.90 Å².